The highest BCUT2D eigenvalue weighted by molar-refractivity contribution is 5.67. The summed E-state index contributed by atoms with van der Waals surface area (Å²) in [6, 6.07) is 9.39. The molecule has 0 amide bonds. The number of alkyl halides is 1. The van der Waals surface area contributed by atoms with Gasteiger partial charge in [0.1, 0.15) is 23.5 Å². The molecule has 136 valence electrons. The van der Waals surface area contributed by atoms with Crippen molar-refractivity contribution in [1.82, 2.24) is 29.7 Å². The molecular formula is C19H18FN7. The number of rotatable bonds is 4. The summed E-state index contributed by atoms with van der Waals surface area (Å²) in [5.74, 6) is 1.46. The van der Waals surface area contributed by atoms with Gasteiger partial charge in [-0.1, -0.05) is 6.07 Å². The maximum Gasteiger partial charge on any atom is 0.137 e. The van der Waals surface area contributed by atoms with Gasteiger partial charge in [-0.15, -0.1) is 0 Å². The minimum Gasteiger partial charge on any atom is -0.363 e. The number of pyridine rings is 2. The van der Waals surface area contributed by atoms with Crippen molar-refractivity contribution in [1.29, 1.82) is 0 Å². The quantitative estimate of drug-likeness (QED) is 0.519. The van der Waals surface area contributed by atoms with Crippen LogP contribution in [0.3, 0.4) is 0 Å². The summed E-state index contributed by atoms with van der Waals surface area (Å²) >= 11 is 0. The molecule has 0 unspecified atom stereocenters. The van der Waals surface area contributed by atoms with Crippen molar-refractivity contribution in [2.24, 2.45) is 0 Å². The average molecular weight is 363 g/mol. The molecule has 2 atom stereocenters. The number of imidazole rings is 2. The van der Waals surface area contributed by atoms with Crippen LogP contribution in [0, 0.1) is 0 Å². The van der Waals surface area contributed by atoms with Crippen molar-refractivity contribution in [3.05, 3.63) is 55.1 Å². The molecule has 0 aromatic carbocycles. The molecule has 1 fully saturated rings. The van der Waals surface area contributed by atoms with Crippen molar-refractivity contribution < 1.29 is 4.39 Å². The van der Waals surface area contributed by atoms with Gasteiger partial charge in [0.15, 0.2) is 0 Å². The highest BCUT2D eigenvalue weighted by Crippen LogP contribution is 2.24. The Morgan fingerprint density at radius 1 is 1.19 bits per heavy atom. The fraction of sp³-hybridized carbons (Fsp3) is 0.211. The topological polar surface area (TPSA) is 82.9 Å². The Labute approximate surface area is 154 Å². The first-order valence-corrected chi connectivity index (χ1v) is 8.83. The number of H-pyrrole nitrogens is 1. The number of anilines is 1. The number of hydrogen-bond donors (Lipinski definition) is 3. The van der Waals surface area contributed by atoms with Gasteiger partial charge in [0, 0.05) is 37.2 Å². The van der Waals surface area contributed by atoms with Crippen molar-refractivity contribution in [3.63, 3.8) is 0 Å². The number of nitrogens with zero attached hydrogens (tertiary/aromatic N) is 4. The molecule has 0 radical (unpaired) electrons. The molecule has 8 heteroatoms. The van der Waals surface area contributed by atoms with E-state index in [1.807, 2.05) is 40.9 Å². The van der Waals surface area contributed by atoms with Gasteiger partial charge in [-0.25, -0.2) is 19.3 Å². The van der Waals surface area contributed by atoms with Crippen LogP contribution >= 0.6 is 0 Å². The summed E-state index contributed by atoms with van der Waals surface area (Å²) in [5, 5.41) is 6.22. The van der Waals surface area contributed by atoms with Gasteiger partial charge < -0.3 is 15.6 Å². The molecule has 3 N–H and O–H groups in total. The molecule has 5 rings (SSSR count). The molecule has 7 nitrogen and oxygen atoms in total. The number of aromatic nitrogens is 5. The Morgan fingerprint density at radius 2 is 2.15 bits per heavy atom. The van der Waals surface area contributed by atoms with Crippen molar-refractivity contribution in [3.8, 4) is 22.8 Å². The van der Waals surface area contributed by atoms with Crippen LogP contribution in [0.4, 0.5) is 10.2 Å². The predicted octanol–water partition coefficient (Wildman–Crippen LogP) is 2.51. The number of aromatic amines is 1. The SMILES string of the molecule is F[C@H]1CNC[C@@H]1Nc1cccc(-c2cnc3cc(-c4ncc[nH]4)ccn23)n1. The smallest absolute Gasteiger partial charge is 0.137 e. The van der Waals surface area contributed by atoms with E-state index in [9.17, 15) is 4.39 Å². The van der Waals surface area contributed by atoms with Gasteiger partial charge in [0.2, 0.25) is 0 Å². The van der Waals surface area contributed by atoms with Crippen LogP contribution in [0.25, 0.3) is 28.4 Å². The van der Waals surface area contributed by atoms with Gasteiger partial charge >= 0.3 is 0 Å². The molecule has 27 heavy (non-hydrogen) atoms. The first-order chi connectivity index (χ1) is 13.3. The van der Waals surface area contributed by atoms with E-state index in [-0.39, 0.29) is 6.04 Å². The van der Waals surface area contributed by atoms with Crippen LogP contribution in [-0.4, -0.2) is 49.6 Å². The summed E-state index contributed by atoms with van der Waals surface area (Å²) in [4.78, 5) is 16.5. The Balaban J connectivity index is 1.47. The number of hydrogen-bond acceptors (Lipinski definition) is 5. The van der Waals surface area contributed by atoms with E-state index in [1.54, 1.807) is 18.6 Å². The molecule has 0 bridgehead atoms. The van der Waals surface area contributed by atoms with E-state index in [4.69, 9.17) is 0 Å². The van der Waals surface area contributed by atoms with Crippen LogP contribution in [-0.2, 0) is 0 Å². The summed E-state index contributed by atoms with van der Waals surface area (Å²) in [7, 11) is 0. The van der Waals surface area contributed by atoms with Crippen molar-refractivity contribution in [2.45, 2.75) is 12.2 Å². The fourth-order valence-corrected chi connectivity index (χ4v) is 3.38. The number of nitrogens with one attached hydrogen (secondary N) is 3. The molecule has 1 aliphatic rings. The molecule has 5 heterocycles. The second kappa shape index (κ2) is 6.48. The maximum atomic E-state index is 13.8. The number of fused-ring (bicyclic) bond motifs is 1. The monoisotopic (exact) mass is 363 g/mol. The molecule has 0 spiro atoms. The third-order valence-corrected chi connectivity index (χ3v) is 4.77. The highest BCUT2D eigenvalue weighted by atomic mass is 19.1. The first-order valence-electron chi connectivity index (χ1n) is 8.83. The van der Waals surface area contributed by atoms with E-state index in [0.717, 1.165) is 28.4 Å². The van der Waals surface area contributed by atoms with Gasteiger partial charge in [0.05, 0.1) is 23.6 Å². The lowest BCUT2D eigenvalue weighted by molar-refractivity contribution is 0.342. The molecule has 1 saturated heterocycles. The molecule has 4 aromatic heterocycles. The first kappa shape index (κ1) is 16.0. The van der Waals surface area contributed by atoms with Gasteiger partial charge in [-0.2, -0.15) is 0 Å². The summed E-state index contributed by atoms with van der Waals surface area (Å²) in [5.41, 5.74) is 3.43. The van der Waals surface area contributed by atoms with Crippen molar-refractivity contribution >= 4 is 11.5 Å². The van der Waals surface area contributed by atoms with E-state index in [0.29, 0.717) is 18.9 Å². The molecule has 0 aliphatic carbocycles. The zero-order valence-corrected chi connectivity index (χ0v) is 14.4. The van der Waals surface area contributed by atoms with E-state index >= 15 is 0 Å². The summed E-state index contributed by atoms with van der Waals surface area (Å²) in [6.07, 6.45) is 6.35. The lowest BCUT2D eigenvalue weighted by Crippen LogP contribution is -2.29. The van der Waals surface area contributed by atoms with Crippen LogP contribution < -0.4 is 10.6 Å². The Bertz CT molecular complexity index is 1070. The second-order valence-corrected chi connectivity index (χ2v) is 6.56. The van der Waals surface area contributed by atoms with Gasteiger partial charge in [0.25, 0.3) is 0 Å². The van der Waals surface area contributed by atoms with Crippen LogP contribution in [0.5, 0.6) is 0 Å². The van der Waals surface area contributed by atoms with E-state index in [1.165, 1.54) is 0 Å². The largest absolute Gasteiger partial charge is 0.363 e. The normalized spacial score (nSPS) is 19.6. The maximum absolute atomic E-state index is 13.8. The third-order valence-electron chi connectivity index (χ3n) is 4.77. The summed E-state index contributed by atoms with van der Waals surface area (Å²) < 4.78 is 15.8. The Hall–Kier alpha value is -3.26. The standard InChI is InChI=1S/C19H18FN7/c20-13-9-21-10-15(13)26-17-3-1-2-14(25-17)16-11-24-18-8-12(4-7-27(16)18)19-22-5-6-23-19/h1-8,11,13,15,21H,9-10H2,(H,22,23)(H,25,26)/t13-,15-/m0/s1. The predicted molar refractivity (Wildman–Crippen MR) is 101 cm³/mol. The van der Waals surface area contributed by atoms with Gasteiger partial charge in [-0.3, -0.25) is 4.40 Å². The molecular weight excluding hydrogens is 345 g/mol. The number of halogens is 1. The van der Waals surface area contributed by atoms with E-state index in [2.05, 4.69) is 30.6 Å². The Kier molecular flexibility index (Phi) is 3.83. The Morgan fingerprint density at radius 3 is 2.96 bits per heavy atom. The minimum atomic E-state index is -0.911. The zero-order chi connectivity index (χ0) is 18.2. The minimum absolute atomic E-state index is 0.259. The summed E-state index contributed by atoms with van der Waals surface area (Å²) in [6.45, 7) is 0.973. The van der Waals surface area contributed by atoms with E-state index < -0.39 is 6.17 Å². The molecule has 1 aliphatic heterocycles. The molecule has 4 aromatic rings. The lowest BCUT2D eigenvalue weighted by atomic mass is 10.2. The average Bonchev–Trinajstić information content (AvgIpc) is 3.43. The second-order valence-electron chi connectivity index (χ2n) is 6.56. The van der Waals surface area contributed by atoms with Crippen LogP contribution in [0.15, 0.2) is 55.1 Å². The van der Waals surface area contributed by atoms with Crippen molar-refractivity contribution in [2.75, 3.05) is 18.4 Å². The zero-order valence-electron chi connectivity index (χ0n) is 14.4. The fourth-order valence-electron chi connectivity index (χ4n) is 3.38. The lowest BCUT2D eigenvalue weighted by Gasteiger charge is -2.15. The van der Waals surface area contributed by atoms with Gasteiger partial charge in [-0.05, 0) is 24.3 Å². The van der Waals surface area contributed by atoms with Crippen LogP contribution in [0.1, 0.15) is 0 Å². The third kappa shape index (κ3) is 2.93. The van der Waals surface area contributed by atoms with Crippen LogP contribution in [0.2, 0.25) is 0 Å². The highest BCUT2D eigenvalue weighted by Gasteiger charge is 2.26. The molecule has 0 saturated carbocycles.